The van der Waals surface area contributed by atoms with Crippen LogP contribution in [0.4, 0.5) is 0 Å². The highest BCUT2D eigenvalue weighted by Crippen LogP contribution is 2.37. The predicted molar refractivity (Wildman–Crippen MR) is 93.5 cm³/mol. The molecule has 0 aromatic heterocycles. The minimum atomic E-state index is 0.766. The zero-order valence-electron chi connectivity index (χ0n) is 13.7. The molecule has 5 atom stereocenters. The molecule has 1 saturated carbocycles. The molecule has 0 saturated heterocycles. The second-order valence-electron chi connectivity index (χ2n) is 6.42. The number of hydrogen-bond acceptors (Lipinski definition) is 3. The van der Waals surface area contributed by atoms with E-state index in [1.165, 1.54) is 32.1 Å². The van der Waals surface area contributed by atoms with E-state index in [0.717, 1.165) is 28.4 Å². The molecule has 0 N–H and O–H groups in total. The van der Waals surface area contributed by atoms with Crippen LogP contribution in [0.3, 0.4) is 0 Å². The highest BCUT2D eigenvalue weighted by atomic mass is 32.2. The van der Waals surface area contributed by atoms with Gasteiger partial charge in [0.2, 0.25) is 0 Å². The maximum absolute atomic E-state index is 2.49. The summed E-state index contributed by atoms with van der Waals surface area (Å²) in [5.41, 5.74) is 0. The van der Waals surface area contributed by atoms with Gasteiger partial charge in [-0.05, 0) is 64.1 Å². The molecule has 0 spiro atoms. The van der Waals surface area contributed by atoms with E-state index in [9.17, 15) is 0 Å². The van der Waals surface area contributed by atoms with Gasteiger partial charge >= 0.3 is 0 Å². The molecule has 0 aliphatic heterocycles. The lowest BCUT2D eigenvalue weighted by Crippen LogP contribution is -2.33. The average molecular weight is 304 g/mol. The van der Waals surface area contributed by atoms with Gasteiger partial charge in [-0.3, -0.25) is 0 Å². The molecule has 114 valence electrons. The summed E-state index contributed by atoms with van der Waals surface area (Å²) in [5, 5.41) is 1.71. The zero-order valence-corrected chi connectivity index (χ0v) is 15.3. The van der Waals surface area contributed by atoms with Crippen molar-refractivity contribution in [3.05, 3.63) is 0 Å². The summed E-state index contributed by atoms with van der Waals surface area (Å²) in [5.74, 6) is 1.79. The van der Waals surface area contributed by atoms with Crippen LogP contribution in [0, 0.1) is 11.8 Å². The summed E-state index contributed by atoms with van der Waals surface area (Å²) in [7, 11) is 4.53. The first-order valence-electron chi connectivity index (χ1n) is 7.73. The summed E-state index contributed by atoms with van der Waals surface area (Å²) in [6.07, 6.45) is 11.5. The average Bonchev–Trinajstić information content (AvgIpc) is 2.46. The minimum absolute atomic E-state index is 0.766. The van der Waals surface area contributed by atoms with Crippen LogP contribution in [0.1, 0.15) is 46.0 Å². The smallest absolute Gasteiger partial charge is 0.0102 e. The van der Waals surface area contributed by atoms with Crippen LogP contribution < -0.4 is 0 Å². The van der Waals surface area contributed by atoms with Gasteiger partial charge in [-0.1, -0.05) is 20.3 Å². The fourth-order valence-corrected chi connectivity index (χ4v) is 5.28. The van der Waals surface area contributed by atoms with Crippen LogP contribution in [0.15, 0.2) is 0 Å². The van der Waals surface area contributed by atoms with Gasteiger partial charge in [0.25, 0.3) is 0 Å². The summed E-state index contributed by atoms with van der Waals surface area (Å²) >= 11 is 4.19. The molecular formula is C16H33NS2. The number of thioether (sulfide) groups is 2. The first-order valence-corrected chi connectivity index (χ1v) is 10.3. The first kappa shape index (κ1) is 17.7. The molecule has 0 radical (unpaired) electrons. The Morgan fingerprint density at radius 3 is 2.00 bits per heavy atom. The van der Waals surface area contributed by atoms with E-state index in [1.54, 1.807) is 0 Å². The quantitative estimate of drug-likeness (QED) is 0.746. The predicted octanol–water partition coefficient (Wildman–Crippen LogP) is 4.62. The van der Waals surface area contributed by atoms with E-state index in [0.29, 0.717) is 0 Å². The molecule has 1 aliphatic rings. The number of nitrogens with zero attached hydrogens (tertiary/aromatic N) is 1. The second-order valence-corrected chi connectivity index (χ2v) is 8.70. The zero-order chi connectivity index (χ0) is 14.4. The lowest BCUT2D eigenvalue weighted by atomic mass is 9.83. The highest BCUT2D eigenvalue weighted by Gasteiger charge is 2.29. The van der Waals surface area contributed by atoms with Gasteiger partial charge in [0.15, 0.2) is 0 Å². The fourth-order valence-electron chi connectivity index (χ4n) is 3.45. The van der Waals surface area contributed by atoms with E-state index in [1.807, 2.05) is 0 Å². The molecule has 19 heavy (non-hydrogen) atoms. The van der Waals surface area contributed by atoms with E-state index in [4.69, 9.17) is 0 Å². The molecule has 0 aromatic rings. The third kappa shape index (κ3) is 5.51. The number of hydrogen-bond donors (Lipinski definition) is 0. The van der Waals surface area contributed by atoms with Crippen molar-refractivity contribution in [3.63, 3.8) is 0 Å². The van der Waals surface area contributed by atoms with Crippen LogP contribution in [-0.4, -0.2) is 48.0 Å². The Hall–Kier alpha value is 0.660. The molecule has 3 heteroatoms. The maximum Gasteiger partial charge on any atom is 0.0102 e. The van der Waals surface area contributed by atoms with Crippen molar-refractivity contribution >= 4 is 23.5 Å². The first-order chi connectivity index (χ1) is 9.01. The van der Waals surface area contributed by atoms with Crippen molar-refractivity contribution in [3.8, 4) is 0 Å². The van der Waals surface area contributed by atoms with Gasteiger partial charge < -0.3 is 4.90 Å². The standard InChI is InChI=1S/C16H33NS2/c1-7-13-9-15(18-5)11-16(19-6)10-14(17(3)4)8-12(13)2/h12-16H,7-11H2,1-6H3. The van der Waals surface area contributed by atoms with Crippen molar-refractivity contribution in [1.29, 1.82) is 0 Å². The lowest BCUT2D eigenvalue weighted by molar-refractivity contribution is 0.205. The van der Waals surface area contributed by atoms with Crippen LogP contribution in [0.2, 0.25) is 0 Å². The molecule has 0 bridgehead atoms. The molecule has 0 aromatic carbocycles. The topological polar surface area (TPSA) is 3.24 Å². The van der Waals surface area contributed by atoms with Gasteiger partial charge in [-0.25, -0.2) is 0 Å². The Kier molecular flexibility index (Phi) is 8.24. The van der Waals surface area contributed by atoms with Gasteiger partial charge in [-0.2, -0.15) is 23.5 Å². The van der Waals surface area contributed by atoms with E-state index in [2.05, 4.69) is 68.9 Å². The van der Waals surface area contributed by atoms with E-state index >= 15 is 0 Å². The highest BCUT2D eigenvalue weighted by molar-refractivity contribution is 8.00. The van der Waals surface area contributed by atoms with Gasteiger partial charge in [0.05, 0.1) is 0 Å². The fraction of sp³-hybridized carbons (Fsp3) is 1.00. The summed E-state index contributed by atoms with van der Waals surface area (Å²) in [6.45, 7) is 4.87. The van der Waals surface area contributed by atoms with Gasteiger partial charge in [0, 0.05) is 16.5 Å². The molecular weight excluding hydrogens is 270 g/mol. The van der Waals surface area contributed by atoms with Crippen LogP contribution in [-0.2, 0) is 0 Å². The second kappa shape index (κ2) is 8.84. The van der Waals surface area contributed by atoms with Crippen molar-refractivity contribution in [2.75, 3.05) is 26.6 Å². The molecule has 1 nitrogen and oxygen atoms in total. The monoisotopic (exact) mass is 303 g/mol. The molecule has 1 rings (SSSR count). The summed E-state index contributed by atoms with van der Waals surface area (Å²) in [4.78, 5) is 2.46. The van der Waals surface area contributed by atoms with E-state index in [-0.39, 0.29) is 0 Å². The maximum atomic E-state index is 2.49. The van der Waals surface area contributed by atoms with Crippen molar-refractivity contribution in [2.45, 2.75) is 62.5 Å². The summed E-state index contributed by atoms with van der Waals surface area (Å²) in [6, 6.07) is 0.766. The van der Waals surface area contributed by atoms with Crippen LogP contribution >= 0.6 is 23.5 Å². The molecule has 0 amide bonds. The van der Waals surface area contributed by atoms with E-state index < -0.39 is 0 Å². The lowest BCUT2D eigenvalue weighted by Gasteiger charge is -2.31. The molecule has 0 heterocycles. The Bertz CT molecular complexity index is 241. The van der Waals surface area contributed by atoms with Crippen molar-refractivity contribution < 1.29 is 0 Å². The Morgan fingerprint density at radius 2 is 1.53 bits per heavy atom. The Balaban J connectivity index is 2.84. The van der Waals surface area contributed by atoms with Crippen molar-refractivity contribution in [2.24, 2.45) is 11.8 Å². The van der Waals surface area contributed by atoms with Crippen LogP contribution in [0.5, 0.6) is 0 Å². The minimum Gasteiger partial charge on any atom is -0.306 e. The van der Waals surface area contributed by atoms with Gasteiger partial charge in [0.1, 0.15) is 0 Å². The number of rotatable bonds is 4. The van der Waals surface area contributed by atoms with Crippen molar-refractivity contribution in [1.82, 2.24) is 4.90 Å². The Labute approximate surface area is 129 Å². The van der Waals surface area contributed by atoms with Crippen LogP contribution in [0.25, 0.3) is 0 Å². The summed E-state index contributed by atoms with van der Waals surface area (Å²) < 4.78 is 0. The normalized spacial score (nSPS) is 37.7. The van der Waals surface area contributed by atoms with Gasteiger partial charge in [-0.15, -0.1) is 0 Å². The largest absolute Gasteiger partial charge is 0.306 e. The molecule has 5 unspecified atom stereocenters. The molecule has 1 aliphatic carbocycles. The SMILES string of the molecule is CCC1CC(SC)CC(SC)CC(N(C)C)CC1C. The Morgan fingerprint density at radius 1 is 0.947 bits per heavy atom. The molecule has 1 fully saturated rings. The third-order valence-corrected chi connectivity index (χ3v) is 7.10. The third-order valence-electron chi connectivity index (χ3n) is 5.00.